The number of allylic oxidation sites excluding steroid dienone is 1. The highest BCUT2D eigenvalue weighted by molar-refractivity contribution is 6.31. The summed E-state index contributed by atoms with van der Waals surface area (Å²) in [6.45, 7) is 7.03. The molecule has 144 valence electrons. The number of hydrogen-bond donors (Lipinski definition) is 1. The van der Waals surface area contributed by atoms with Gasteiger partial charge in [-0.15, -0.1) is 0 Å². The van der Waals surface area contributed by atoms with Crippen molar-refractivity contribution < 1.29 is 0 Å². The van der Waals surface area contributed by atoms with Crippen LogP contribution in [0.4, 0.5) is 0 Å². The van der Waals surface area contributed by atoms with Gasteiger partial charge in [0.1, 0.15) is 0 Å². The van der Waals surface area contributed by atoms with Gasteiger partial charge < -0.3 is 5.32 Å². The molecule has 0 saturated carbocycles. The first-order valence-corrected chi connectivity index (χ1v) is 10.0. The van der Waals surface area contributed by atoms with Gasteiger partial charge in [-0.2, -0.15) is 5.10 Å². The largest absolute Gasteiger partial charge is 0.305 e. The molecule has 0 unspecified atom stereocenters. The molecule has 1 aliphatic carbocycles. The van der Waals surface area contributed by atoms with Crippen molar-refractivity contribution in [3.05, 3.63) is 88.0 Å². The van der Waals surface area contributed by atoms with Gasteiger partial charge in [-0.3, -0.25) is 4.98 Å². The molecule has 2 heterocycles. The van der Waals surface area contributed by atoms with Crippen molar-refractivity contribution in [2.24, 2.45) is 0 Å². The third-order valence-electron chi connectivity index (χ3n) is 5.47. The van der Waals surface area contributed by atoms with Gasteiger partial charge in [0.2, 0.25) is 0 Å². The molecule has 5 heteroatoms. The van der Waals surface area contributed by atoms with Crippen molar-refractivity contribution >= 4 is 11.6 Å². The molecule has 0 aliphatic heterocycles. The van der Waals surface area contributed by atoms with Gasteiger partial charge >= 0.3 is 0 Å². The summed E-state index contributed by atoms with van der Waals surface area (Å²) < 4.78 is 2.01. The molecule has 3 aromatic rings. The minimum atomic E-state index is 0.350. The predicted molar refractivity (Wildman–Crippen MR) is 114 cm³/mol. The fraction of sp³-hybridized carbons (Fsp3) is 0.304. The molecule has 0 saturated heterocycles. The average Bonchev–Trinajstić information content (AvgIpc) is 3.27. The number of halogens is 1. The summed E-state index contributed by atoms with van der Waals surface area (Å²) in [5.41, 5.74) is 6.72. The summed E-state index contributed by atoms with van der Waals surface area (Å²) in [4.78, 5) is 4.38. The summed E-state index contributed by atoms with van der Waals surface area (Å²) >= 11 is 6.33. The standard InChI is InChI=1S/C23H25ClN4/c1-15-7-10-21(13-22(15)24)28-17(3)23(16(2)27-28)18-8-9-19(12-18)26-14-20-6-4-5-11-25-20/h4-11,13,18-19,26H,12,14H2,1-3H3/t18-,19+/m0/s1. The number of pyridine rings is 1. The number of nitrogens with one attached hydrogen (secondary N) is 1. The second-order valence-corrected chi connectivity index (χ2v) is 7.87. The van der Waals surface area contributed by atoms with E-state index in [2.05, 4.69) is 42.4 Å². The minimum Gasteiger partial charge on any atom is -0.305 e. The molecular weight excluding hydrogens is 368 g/mol. The van der Waals surface area contributed by atoms with Gasteiger partial charge in [-0.25, -0.2) is 4.68 Å². The van der Waals surface area contributed by atoms with E-state index in [0.717, 1.165) is 40.6 Å². The highest BCUT2D eigenvalue weighted by atomic mass is 35.5. The van der Waals surface area contributed by atoms with Crippen LogP contribution in [0.5, 0.6) is 0 Å². The predicted octanol–water partition coefficient (Wildman–Crippen LogP) is 5.05. The number of hydrogen-bond acceptors (Lipinski definition) is 3. The number of aryl methyl sites for hydroxylation is 2. The summed E-state index contributed by atoms with van der Waals surface area (Å²) in [6, 6.07) is 12.5. The molecule has 0 fully saturated rings. The summed E-state index contributed by atoms with van der Waals surface area (Å²) in [7, 11) is 0. The van der Waals surface area contributed by atoms with Crippen LogP contribution in [0.15, 0.2) is 54.7 Å². The number of nitrogens with zero attached hydrogens (tertiary/aromatic N) is 3. The molecule has 1 aromatic carbocycles. The van der Waals surface area contributed by atoms with E-state index >= 15 is 0 Å². The monoisotopic (exact) mass is 392 g/mol. The molecule has 28 heavy (non-hydrogen) atoms. The molecule has 0 bridgehead atoms. The third kappa shape index (κ3) is 3.75. The van der Waals surface area contributed by atoms with Crippen LogP contribution >= 0.6 is 11.6 Å². The van der Waals surface area contributed by atoms with E-state index in [1.54, 1.807) is 0 Å². The Labute approximate surface area is 171 Å². The smallest absolute Gasteiger partial charge is 0.0663 e. The van der Waals surface area contributed by atoms with E-state index in [1.807, 2.05) is 48.1 Å². The van der Waals surface area contributed by atoms with E-state index in [0.29, 0.717) is 12.0 Å². The lowest BCUT2D eigenvalue weighted by Gasteiger charge is -2.14. The lowest BCUT2D eigenvalue weighted by molar-refractivity contribution is 0.554. The average molecular weight is 393 g/mol. The number of benzene rings is 1. The molecule has 1 aliphatic rings. The van der Waals surface area contributed by atoms with Crippen LogP contribution in [0.2, 0.25) is 5.02 Å². The molecule has 4 rings (SSSR count). The normalized spacial score (nSPS) is 18.7. The van der Waals surface area contributed by atoms with Gasteiger partial charge in [0.25, 0.3) is 0 Å². The van der Waals surface area contributed by atoms with Crippen LogP contribution < -0.4 is 5.32 Å². The van der Waals surface area contributed by atoms with E-state index in [9.17, 15) is 0 Å². The minimum absolute atomic E-state index is 0.350. The first-order valence-electron chi connectivity index (χ1n) is 9.67. The molecule has 4 nitrogen and oxygen atoms in total. The van der Waals surface area contributed by atoms with Crippen LogP contribution in [0, 0.1) is 20.8 Å². The van der Waals surface area contributed by atoms with Crippen LogP contribution in [-0.2, 0) is 6.54 Å². The molecule has 0 amide bonds. The lowest BCUT2D eigenvalue weighted by atomic mass is 9.96. The van der Waals surface area contributed by atoms with Crippen LogP contribution in [0.3, 0.4) is 0 Å². The lowest BCUT2D eigenvalue weighted by Crippen LogP contribution is -2.25. The van der Waals surface area contributed by atoms with Crippen molar-refractivity contribution in [1.82, 2.24) is 20.1 Å². The van der Waals surface area contributed by atoms with E-state index in [1.165, 1.54) is 11.3 Å². The van der Waals surface area contributed by atoms with Gasteiger partial charge in [0.05, 0.1) is 17.1 Å². The van der Waals surface area contributed by atoms with Crippen molar-refractivity contribution in [3.8, 4) is 5.69 Å². The molecule has 0 spiro atoms. The Kier molecular flexibility index (Phi) is 5.33. The SMILES string of the molecule is Cc1ccc(-n2nc(C)c([C@H]3C=C[C@@H](NCc4ccccn4)C3)c2C)cc1Cl. The van der Waals surface area contributed by atoms with Crippen molar-refractivity contribution in [2.45, 2.75) is 45.7 Å². The van der Waals surface area contributed by atoms with Crippen molar-refractivity contribution in [3.63, 3.8) is 0 Å². The highest BCUT2D eigenvalue weighted by Gasteiger charge is 2.26. The van der Waals surface area contributed by atoms with Crippen LogP contribution in [0.1, 0.15) is 40.5 Å². The third-order valence-corrected chi connectivity index (χ3v) is 5.88. The summed E-state index contributed by atoms with van der Waals surface area (Å²) in [5.74, 6) is 0.371. The Morgan fingerprint density at radius 2 is 2.00 bits per heavy atom. The molecule has 0 radical (unpaired) electrons. The van der Waals surface area contributed by atoms with Gasteiger partial charge in [0, 0.05) is 41.0 Å². The van der Waals surface area contributed by atoms with E-state index < -0.39 is 0 Å². The fourth-order valence-corrected chi connectivity index (χ4v) is 4.13. The summed E-state index contributed by atoms with van der Waals surface area (Å²) in [6.07, 6.45) is 7.45. The zero-order chi connectivity index (χ0) is 19.7. The van der Waals surface area contributed by atoms with Crippen LogP contribution in [-0.4, -0.2) is 20.8 Å². The van der Waals surface area contributed by atoms with Gasteiger partial charge in [-0.1, -0.05) is 35.9 Å². The maximum absolute atomic E-state index is 6.33. The highest BCUT2D eigenvalue weighted by Crippen LogP contribution is 2.34. The maximum atomic E-state index is 6.33. The van der Waals surface area contributed by atoms with Crippen molar-refractivity contribution in [2.75, 3.05) is 0 Å². The zero-order valence-electron chi connectivity index (χ0n) is 16.5. The first-order chi connectivity index (χ1) is 13.5. The maximum Gasteiger partial charge on any atom is 0.0663 e. The van der Waals surface area contributed by atoms with Crippen LogP contribution in [0.25, 0.3) is 5.69 Å². The number of rotatable bonds is 5. The second-order valence-electron chi connectivity index (χ2n) is 7.47. The molecule has 2 atom stereocenters. The first kappa shape index (κ1) is 18.9. The second kappa shape index (κ2) is 7.90. The van der Waals surface area contributed by atoms with Gasteiger partial charge in [-0.05, 0) is 57.0 Å². The molecule has 2 aromatic heterocycles. The topological polar surface area (TPSA) is 42.7 Å². The van der Waals surface area contributed by atoms with E-state index in [4.69, 9.17) is 16.7 Å². The Hall–Kier alpha value is -2.43. The fourth-order valence-electron chi connectivity index (χ4n) is 3.96. The Morgan fingerprint density at radius 1 is 1.14 bits per heavy atom. The quantitative estimate of drug-likeness (QED) is 0.618. The Bertz CT molecular complexity index is 1010. The molecule has 1 N–H and O–H groups in total. The number of aromatic nitrogens is 3. The van der Waals surface area contributed by atoms with Gasteiger partial charge in [0.15, 0.2) is 0 Å². The zero-order valence-corrected chi connectivity index (χ0v) is 17.2. The molecular formula is C23H25ClN4. The Balaban J connectivity index is 1.50. The van der Waals surface area contributed by atoms with E-state index in [-0.39, 0.29) is 0 Å². The Morgan fingerprint density at radius 3 is 2.75 bits per heavy atom. The van der Waals surface area contributed by atoms with Crippen molar-refractivity contribution in [1.29, 1.82) is 0 Å². The summed E-state index contributed by atoms with van der Waals surface area (Å²) in [5, 5.41) is 9.17.